The number of hydrogen-bond acceptors (Lipinski definition) is 0. The van der Waals surface area contributed by atoms with Crippen LogP contribution in [0.3, 0.4) is 0 Å². The van der Waals surface area contributed by atoms with Crippen molar-refractivity contribution >= 4 is 38.8 Å². The van der Waals surface area contributed by atoms with E-state index in [-0.39, 0.29) is 0 Å². The lowest BCUT2D eigenvalue weighted by molar-refractivity contribution is 1.17. The van der Waals surface area contributed by atoms with Gasteiger partial charge < -0.3 is 9.55 Å². The maximum absolute atomic E-state index is 3.74. The van der Waals surface area contributed by atoms with Crippen molar-refractivity contribution in [2.24, 2.45) is 0 Å². The molecule has 1 aliphatic carbocycles. The van der Waals surface area contributed by atoms with Gasteiger partial charge in [-0.2, -0.15) is 0 Å². The van der Waals surface area contributed by atoms with Gasteiger partial charge in [-0.1, -0.05) is 66.8 Å². The number of nitrogens with one attached hydrogen (secondary N) is 1. The molecule has 1 N–H and O–H groups in total. The van der Waals surface area contributed by atoms with Gasteiger partial charge in [-0.05, 0) is 24.3 Å². The molecular weight excluding hydrogens is 328 g/mol. The molecule has 5 aromatic rings. The van der Waals surface area contributed by atoms with Gasteiger partial charge in [-0.25, -0.2) is 0 Å². The summed E-state index contributed by atoms with van der Waals surface area (Å²) in [5, 5.41) is 3.89. The van der Waals surface area contributed by atoms with Crippen LogP contribution in [0.1, 0.15) is 11.3 Å². The van der Waals surface area contributed by atoms with E-state index in [1.54, 1.807) is 0 Å². The molecule has 2 heteroatoms. The Balaban J connectivity index is 1.81. The normalized spacial score (nSPS) is 13.5. The minimum atomic E-state index is 0.940. The molecule has 0 saturated carbocycles. The highest BCUT2D eigenvalue weighted by atomic mass is 15.0. The highest BCUT2D eigenvalue weighted by Crippen LogP contribution is 2.38. The molecule has 0 aliphatic heterocycles. The number of para-hydroxylation sites is 2. The Morgan fingerprint density at radius 2 is 1.59 bits per heavy atom. The number of H-pyrrole nitrogens is 1. The van der Waals surface area contributed by atoms with E-state index in [0.717, 1.165) is 6.42 Å². The standard InChI is InChI=1S/C25H18N2/c1-3-9-17(10-4-1)27-22-14-8-7-12-20(22)24-23(27)16-15-19-18-11-5-2-6-13-21(18)26-25(19)24/h1-12,14-16,26H,13H2. The molecule has 27 heavy (non-hydrogen) atoms. The minimum absolute atomic E-state index is 0.940. The molecule has 2 nitrogen and oxygen atoms in total. The van der Waals surface area contributed by atoms with Crippen LogP contribution >= 0.6 is 0 Å². The van der Waals surface area contributed by atoms with E-state index >= 15 is 0 Å². The SMILES string of the molecule is C1=CCc2[nH]c3c(ccc4c3c3ccccc3n4-c3ccccc3)c2C=C1. The molecule has 0 radical (unpaired) electrons. The molecule has 0 fully saturated rings. The predicted molar refractivity (Wildman–Crippen MR) is 115 cm³/mol. The zero-order valence-corrected chi connectivity index (χ0v) is 14.8. The third-order valence-corrected chi connectivity index (χ3v) is 5.58. The summed E-state index contributed by atoms with van der Waals surface area (Å²) in [6, 6.07) is 23.8. The van der Waals surface area contributed by atoms with Crippen molar-refractivity contribution in [3.05, 3.63) is 96.2 Å². The Morgan fingerprint density at radius 3 is 2.52 bits per heavy atom. The van der Waals surface area contributed by atoms with Crippen LogP contribution in [0, 0.1) is 0 Å². The lowest BCUT2D eigenvalue weighted by Crippen LogP contribution is -1.92. The number of fused-ring (bicyclic) bond motifs is 7. The lowest BCUT2D eigenvalue weighted by Gasteiger charge is -2.07. The minimum Gasteiger partial charge on any atom is -0.357 e. The summed E-state index contributed by atoms with van der Waals surface area (Å²) in [5.41, 5.74) is 7.52. The summed E-state index contributed by atoms with van der Waals surface area (Å²) >= 11 is 0. The van der Waals surface area contributed by atoms with Gasteiger partial charge in [0.1, 0.15) is 0 Å². The molecule has 3 aromatic carbocycles. The molecule has 0 unspecified atom stereocenters. The molecule has 0 bridgehead atoms. The molecule has 128 valence electrons. The maximum Gasteiger partial charge on any atom is 0.0564 e. The van der Waals surface area contributed by atoms with E-state index in [1.165, 1.54) is 49.7 Å². The smallest absolute Gasteiger partial charge is 0.0564 e. The van der Waals surface area contributed by atoms with E-state index < -0.39 is 0 Å². The van der Waals surface area contributed by atoms with Crippen molar-refractivity contribution in [1.82, 2.24) is 9.55 Å². The zero-order chi connectivity index (χ0) is 17.8. The number of nitrogens with zero attached hydrogens (tertiary/aromatic N) is 1. The quantitative estimate of drug-likeness (QED) is 0.363. The number of aromatic amines is 1. The first-order valence-electron chi connectivity index (χ1n) is 9.37. The molecule has 0 saturated heterocycles. The second-order valence-corrected chi connectivity index (χ2v) is 7.08. The van der Waals surface area contributed by atoms with Gasteiger partial charge in [0.25, 0.3) is 0 Å². The van der Waals surface area contributed by atoms with Crippen LogP contribution < -0.4 is 0 Å². The number of allylic oxidation sites excluding steroid dienone is 3. The van der Waals surface area contributed by atoms with Crippen molar-refractivity contribution in [2.75, 3.05) is 0 Å². The van der Waals surface area contributed by atoms with E-state index in [4.69, 9.17) is 0 Å². The summed E-state index contributed by atoms with van der Waals surface area (Å²) in [5.74, 6) is 0. The number of hydrogen-bond donors (Lipinski definition) is 1. The van der Waals surface area contributed by atoms with Crippen LogP contribution in [-0.2, 0) is 6.42 Å². The summed E-state index contributed by atoms with van der Waals surface area (Å²) in [6.45, 7) is 0. The van der Waals surface area contributed by atoms with Crippen molar-refractivity contribution < 1.29 is 0 Å². The van der Waals surface area contributed by atoms with E-state index in [0.29, 0.717) is 0 Å². The molecule has 2 aromatic heterocycles. The molecule has 2 heterocycles. The zero-order valence-electron chi connectivity index (χ0n) is 14.8. The van der Waals surface area contributed by atoms with Crippen LogP contribution in [0.4, 0.5) is 0 Å². The summed E-state index contributed by atoms with van der Waals surface area (Å²) < 4.78 is 2.37. The van der Waals surface area contributed by atoms with Crippen LogP contribution in [-0.4, -0.2) is 9.55 Å². The van der Waals surface area contributed by atoms with Gasteiger partial charge in [0, 0.05) is 39.5 Å². The molecule has 0 atom stereocenters. The lowest BCUT2D eigenvalue weighted by atomic mass is 10.1. The van der Waals surface area contributed by atoms with Crippen LogP contribution in [0.2, 0.25) is 0 Å². The second kappa shape index (κ2) is 5.49. The number of benzene rings is 3. The predicted octanol–water partition coefficient (Wildman–Crippen LogP) is 6.39. The molecule has 6 rings (SSSR count). The van der Waals surface area contributed by atoms with Crippen molar-refractivity contribution in [1.29, 1.82) is 0 Å². The van der Waals surface area contributed by atoms with E-state index in [1.807, 2.05) is 0 Å². The Kier molecular flexibility index (Phi) is 2.97. The Labute approximate surface area is 157 Å². The van der Waals surface area contributed by atoms with Gasteiger partial charge in [0.2, 0.25) is 0 Å². The van der Waals surface area contributed by atoms with Crippen LogP contribution in [0.15, 0.2) is 85.0 Å². The first kappa shape index (κ1) is 14.6. The molecule has 0 spiro atoms. The molecular formula is C25H18N2. The van der Waals surface area contributed by atoms with E-state index in [2.05, 4.69) is 101 Å². The Morgan fingerprint density at radius 1 is 0.741 bits per heavy atom. The van der Waals surface area contributed by atoms with Crippen molar-refractivity contribution in [3.8, 4) is 5.69 Å². The van der Waals surface area contributed by atoms with Gasteiger partial charge in [0.05, 0.1) is 16.6 Å². The highest BCUT2D eigenvalue weighted by molar-refractivity contribution is 6.21. The average molecular weight is 346 g/mol. The van der Waals surface area contributed by atoms with Gasteiger partial charge >= 0.3 is 0 Å². The largest absolute Gasteiger partial charge is 0.357 e. The van der Waals surface area contributed by atoms with Crippen molar-refractivity contribution in [3.63, 3.8) is 0 Å². The topological polar surface area (TPSA) is 20.7 Å². The summed E-state index contributed by atoms with van der Waals surface area (Å²) in [6.07, 6.45) is 9.63. The third-order valence-electron chi connectivity index (χ3n) is 5.58. The second-order valence-electron chi connectivity index (χ2n) is 7.08. The summed E-state index contributed by atoms with van der Waals surface area (Å²) in [4.78, 5) is 3.74. The van der Waals surface area contributed by atoms with Gasteiger partial charge in [-0.3, -0.25) is 0 Å². The Hall–Kier alpha value is -3.52. The fourth-order valence-electron chi connectivity index (χ4n) is 4.42. The van der Waals surface area contributed by atoms with Gasteiger partial charge in [0.15, 0.2) is 0 Å². The fourth-order valence-corrected chi connectivity index (χ4v) is 4.42. The molecule has 0 amide bonds. The highest BCUT2D eigenvalue weighted by Gasteiger charge is 2.18. The fraction of sp³-hybridized carbons (Fsp3) is 0.0400. The van der Waals surface area contributed by atoms with Crippen LogP contribution in [0.5, 0.6) is 0 Å². The Bertz CT molecular complexity index is 1380. The third kappa shape index (κ3) is 2.01. The molecule has 1 aliphatic rings. The number of rotatable bonds is 1. The monoisotopic (exact) mass is 346 g/mol. The van der Waals surface area contributed by atoms with Crippen LogP contribution in [0.25, 0.3) is 44.5 Å². The van der Waals surface area contributed by atoms with Gasteiger partial charge in [-0.15, -0.1) is 0 Å². The maximum atomic E-state index is 3.74. The average Bonchev–Trinajstić information content (AvgIpc) is 3.14. The van der Waals surface area contributed by atoms with Crippen molar-refractivity contribution in [2.45, 2.75) is 6.42 Å². The van der Waals surface area contributed by atoms with E-state index in [9.17, 15) is 0 Å². The summed E-state index contributed by atoms with van der Waals surface area (Å²) in [7, 11) is 0. The first-order valence-corrected chi connectivity index (χ1v) is 9.37. The number of aromatic nitrogens is 2. The first-order chi connectivity index (χ1) is 13.4.